The van der Waals surface area contributed by atoms with Crippen molar-refractivity contribution in [1.29, 1.82) is 0 Å². The van der Waals surface area contributed by atoms with E-state index in [4.69, 9.17) is 11.6 Å². The molecule has 0 radical (unpaired) electrons. The summed E-state index contributed by atoms with van der Waals surface area (Å²) >= 11 is 6.92. The molecule has 172 valence electrons. The number of halogens is 1. The first-order chi connectivity index (χ1) is 15.6. The third-order valence-electron chi connectivity index (χ3n) is 5.39. The zero-order valence-electron chi connectivity index (χ0n) is 19.0. The van der Waals surface area contributed by atoms with E-state index in [9.17, 15) is 9.66 Å². The number of nitrogens with one attached hydrogen (secondary N) is 1. The van der Waals surface area contributed by atoms with Crippen molar-refractivity contribution in [3.63, 3.8) is 0 Å². The molecular weight excluding hydrogens is 472 g/mol. The van der Waals surface area contributed by atoms with E-state index in [1.165, 1.54) is 0 Å². The first-order valence-corrected chi connectivity index (χ1v) is 13.1. The summed E-state index contributed by atoms with van der Waals surface area (Å²) in [5.74, 6) is 0. The molecule has 2 aromatic carbocycles. The van der Waals surface area contributed by atoms with Crippen LogP contribution in [-0.4, -0.2) is 19.4 Å². The molecule has 4 aromatic rings. The smallest absolute Gasteiger partial charge is 0.136 e. The number of hydrogen-bond acceptors (Lipinski definition) is 5. The maximum atomic E-state index is 13.1. The van der Waals surface area contributed by atoms with Crippen LogP contribution in [0.4, 0.5) is 0 Å². The van der Waals surface area contributed by atoms with Gasteiger partial charge in [0.1, 0.15) is 10.8 Å². The summed E-state index contributed by atoms with van der Waals surface area (Å²) in [7, 11) is 0. The summed E-state index contributed by atoms with van der Waals surface area (Å²) in [6.45, 7) is 7.59. The zero-order chi connectivity index (χ0) is 23.8. The summed E-state index contributed by atoms with van der Waals surface area (Å²) in [5.41, 5.74) is 3.53. The van der Waals surface area contributed by atoms with Gasteiger partial charge < -0.3 is 9.66 Å². The Hall–Kier alpha value is -1.93. The molecule has 3 atom stereocenters. The normalized spacial score (nSPS) is 14.9. The van der Waals surface area contributed by atoms with E-state index in [1.54, 1.807) is 24.5 Å². The first-order valence-electron chi connectivity index (χ1n) is 10.7. The van der Waals surface area contributed by atoms with Crippen LogP contribution in [0.15, 0.2) is 66.9 Å². The summed E-state index contributed by atoms with van der Waals surface area (Å²) in [6, 6.07) is 19.4. The Labute approximate surface area is 207 Å². The van der Waals surface area contributed by atoms with Crippen LogP contribution >= 0.6 is 22.9 Å². The molecule has 1 unspecified atom stereocenters. The van der Waals surface area contributed by atoms with Gasteiger partial charge >= 0.3 is 0 Å². The van der Waals surface area contributed by atoms with Crippen LogP contribution in [-0.2, 0) is 11.4 Å². The van der Waals surface area contributed by atoms with Gasteiger partial charge in [0.15, 0.2) is 0 Å². The van der Waals surface area contributed by atoms with Crippen molar-refractivity contribution in [2.24, 2.45) is 0 Å². The van der Waals surface area contributed by atoms with Gasteiger partial charge in [-0.15, -0.1) is 16.1 Å². The molecule has 0 aliphatic carbocycles. The van der Waals surface area contributed by atoms with Crippen LogP contribution in [0, 0.1) is 0 Å². The lowest BCUT2D eigenvalue weighted by molar-refractivity contribution is 0.199. The number of aromatic nitrogens is 1. The Balaban J connectivity index is 1.84. The monoisotopic (exact) mass is 498 g/mol. The molecule has 2 aromatic heterocycles. The van der Waals surface area contributed by atoms with Gasteiger partial charge in [-0.2, -0.15) is 0 Å². The van der Waals surface area contributed by atoms with E-state index in [0.29, 0.717) is 5.02 Å². The van der Waals surface area contributed by atoms with E-state index < -0.39 is 22.2 Å². The van der Waals surface area contributed by atoms with Crippen molar-refractivity contribution < 1.29 is 9.66 Å². The highest BCUT2D eigenvalue weighted by molar-refractivity contribution is 7.90. The number of thiophene rings is 1. The fourth-order valence-corrected chi connectivity index (χ4v) is 5.94. The first kappa shape index (κ1) is 24.2. The topological polar surface area (TPSA) is 68.2 Å². The maximum Gasteiger partial charge on any atom is 0.136 e. The highest BCUT2D eigenvalue weighted by Gasteiger charge is 2.32. The van der Waals surface area contributed by atoms with Gasteiger partial charge in [-0.25, -0.2) is 0 Å². The lowest BCUT2D eigenvalue weighted by Gasteiger charge is -2.28. The number of fused-ring (bicyclic) bond motifs is 1. The second-order valence-corrected chi connectivity index (χ2v) is 12.5. The SMILES string of the molecule is C[C@H](O)c1ccnc(-c2cccc3cc([C@@H](N[S+]([O-])C(C)(C)C)c4ccccc4Cl)sc23)c1. The van der Waals surface area contributed by atoms with Crippen molar-refractivity contribution in [1.82, 2.24) is 9.71 Å². The van der Waals surface area contributed by atoms with Crippen molar-refractivity contribution in [2.45, 2.75) is 44.6 Å². The van der Waals surface area contributed by atoms with Crippen molar-refractivity contribution in [3.05, 3.63) is 87.9 Å². The van der Waals surface area contributed by atoms with E-state index in [1.807, 2.05) is 69.3 Å². The number of aliphatic hydroxyl groups excluding tert-OH is 1. The Morgan fingerprint density at radius 1 is 1.09 bits per heavy atom. The van der Waals surface area contributed by atoms with Gasteiger partial charge in [0.05, 0.1) is 11.8 Å². The number of nitrogens with zero attached hydrogens (tertiary/aromatic N) is 1. The van der Waals surface area contributed by atoms with E-state index in [2.05, 4.69) is 21.8 Å². The fraction of sp³-hybridized carbons (Fsp3) is 0.269. The van der Waals surface area contributed by atoms with Crippen LogP contribution in [0.25, 0.3) is 21.3 Å². The van der Waals surface area contributed by atoms with Crippen molar-refractivity contribution >= 4 is 44.4 Å². The molecule has 33 heavy (non-hydrogen) atoms. The van der Waals surface area contributed by atoms with Gasteiger partial charge in [-0.3, -0.25) is 4.98 Å². The lowest BCUT2D eigenvalue weighted by Crippen LogP contribution is -2.41. The molecule has 0 amide bonds. The summed E-state index contributed by atoms with van der Waals surface area (Å²) in [5, 5.41) is 11.7. The molecule has 0 spiro atoms. The van der Waals surface area contributed by atoms with Gasteiger partial charge in [0.25, 0.3) is 0 Å². The van der Waals surface area contributed by atoms with Gasteiger partial charge in [-0.05, 0) is 68.5 Å². The van der Waals surface area contributed by atoms with E-state index in [-0.39, 0.29) is 6.04 Å². The quantitative estimate of drug-likeness (QED) is 0.286. The van der Waals surface area contributed by atoms with Gasteiger partial charge in [0, 0.05) is 37.7 Å². The molecule has 0 aliphatic heterocycles. The predicted octanol–water partition coefficient (Wildman–Crippen LogP) is 6.81. The van der Waals surface area contributed by atoms with Crippen LogP contribution in [0.3, 0.4) is 0 Å². The van der Waals surface area contributed by atoms with Crippen LogP contribution in [0.1, 0.15) is 55.8 Å². The minimum Gasteiger partial charge on any atom is -0.598 e. The Morgan fingerprint density at radius 3 is 2.55 bits per heavy atom. The molecular formula is C26H27ClN2O2S2. The maximum absolute atomic E-state index is 13.1. The third-order valence-corrected chi connectivity index (χ3v) is 8.54. The number of aliphatic hydroxyl groups is 1. The average Bonchev–Trinajstić information content (AvgIpc) is 3.21. The zero-order valence-corrected chi connectivity index (χ0v) is 21.4. The van der Waals surface area contributed by atoms with E-state index in [0.717, 1.165) is 37.3 Å². The van der Waals surface area contributed by atoms with Gasteiger partial charge in [0.2, 0.25) is 0 Å². The molecule has 4 nitrogen and oxygen atoms in total. The van der Waals surface area contributed by atoms with Crippen molar-refractivity contribution in [2.75, 3.05) is 0 Å². The van der Waals surface area contributed by atoms with Crippen molar-refractivity contribution in [3.8, 4) is 11.3 Å². The number of benzene rings is 2. The Bertz CT molecular complexity index is 1270. The largest absolute Gasteiger partial charge is 0.598 e. The highest BCUT2D eigenvalue weighted by Crippen LogP contribution is 2.40. The predicted molar refractivity (Wildman–Crippen MR) is 140 cm³/mol. The molecule has 7 heteroatoms. The second kappa shape index (κ2) is 9.74. The lowest BCUT2D eigenvalue weighted by atomic mass is 10.0. The standard InChI is InChI=1S/C26H27ClN2O2S2/c1-16(30)17-12-13-28-22(14-17)20-10-7-8-18-15-23(32-25(18)20)24(29-33(31)26(2,3)4)19-9-5-6-11-21(19)27/h5-16,24,29-30H,1-4H3/t16-,24-,33?/m0/s1. The molecule has 0 saturated heterocycles. The minimum atomic E-state index is -1.29. The summed E-state index contributed by atoms with van der Waals surface area (Å²) in [4.78, 5) is 5.58. The second-order valence-electron chi connectivity index (χ2n) is 8.98. The van der Waals surface area contributed by atoms with Crippen LogP contribution in [0.5, 0.6) is 0 Å². The van der Waals surface area contributed by atoms with E-state index >= 15 is 0 Å². The Kier molecular flexibility index (Phi) is 7.15. The summed E-state index contributed by atoms with van der Waals surface area (Å²) < 4.78 is 17.1. The molecule has 4 rings (SSSR count). The Morgan fingerprint density at radius 2 is 1.85 bits per heavy atom. The van der Waals surface area contributed by atoms with Crippen LogP contribution in [0.2, 0.25) is 5.02 Å². The molecule has 0 bridgehead atoms. The molecule has 0 saturated carbocycles. The number of rotatable bonds is 6. The third kappa shape index (κ3) is 5.27. The van der Waals surface area contributed by atoms with Crippen LogP contribution < -0.4 is 4.72 Å². The molecule has 2 heterocycles. The molecule has 2 N–H and O–H groups in total. The molecule has 0 aliphatic rings. The number of hydrogen-bond donors (Lipinski definition) is 2. The molecule has 0 fully saturated rings. The minimum absolute atomic E-state index is 0.319. The average molecular weight is 499 g/mol. The summed E-state index contributed by atoms with van der Waals surface area (Å²) in [6.07, 6.45) is 1.16. The number of pyridine rings is 1. The highest BCUT2D eigenvalue weighted by atomic mass is 35.5. The fourth-order valence-electron chi connectivity index (χ4n) is 3.55. The van der Waals surface area contributed by atoms with Gasteiger partial charge in [-0.1, -0.05) is 48.0 Å².